The largest absolute Gasteiger partial charge is 0.310 e. The van der Waals surface area contributed by atoms with E-state index in [0.29, 0.717) is 5.82 Å². The standard InChI is InChI=1S/C19H19Br2N5O/c20-14-1-3-17(22-9-14)24-19(27)13-5-7-25(8-6-13)11-16-12-26-10-15(21)2-4-18(26)23-16/h1-4,9-10,12-13H,5-8,11H2,(H,22,24,27). The van der Waals surface area contributed by atoms with Gasteiger partial charge in [-0.15, -0.1) is 0 Å². The summed E-state index contributed by atoms with van der Waals surface area (Å²) in [6.07, 6.45) is 7.46. The number of imidazole rings is 1. The number of nitrogens with one attached hydrogen (secondary N) is 1. The molecule has 1 amide bonds. The molecule has 1 fully saturated rings. The number of pyridine rings is 2. The van der Waals surface area contributed by atoms with Crippen molar-refractivity contribution in [1.82, 2.24) is 19.3 Å². The van der Waals surface area contributed by atoms with Crippen LogP contribution in [0, 0.1) is 5.92 Å². The minimum Gasteiger partial charge on any atom is -0.310 e. The highest BCUT2D eigenvalue weighted by atomic mass is 79.9. The lowest BCUT2D eigenvalue weighted by atomic mass is 9.96. The van der Waals surface area contributed by atoms with E-state index in [1.54, 1.807) is 12.3 Å². The summed E-state index contributed by atoms with van der Waals surface area (Å²) in [5.74, 6) is 0.687. The Balaban J connectivity index is 1.31. The van der Waals surface area contributed by atoms with Crippen LogP contribution >= 0.6 is 31.9 Å². The van der Waals surface area contributed by atoms with Gasteiger partial charge in [0.1, 0.15) is 11.5 Å². The number of anilines is 1. The van der Waals surface area contributed by atoms with E-state index in [9.17, 15) is 4.79 Å². The van der Waals surface area contributed by atoms with Gasteiger partial charge in [-0.1, -0.05) is 0 Å². The minimum absolute atomic E-state index is 0.0312. The molecule has 0 atom stereocenters. The van der Waals surface area contributed by atoms with Crippen molar-refractivity contribution >= 4 is 49.2 Å². The Bertz CT molecular complexity index is 948. The lowest BCUT2D eigenvalue weighted by Gasteiger charge is -2.30. The highest BCUT2D eigenvalue weighted by molar-refractivity contribution is 9.10. The van der Waals surface area contributed by atoms with Gasteiger partial charge in [0, 0.05) is 40.0 Å². The third-order valence-corrected chi connectivity index (χ3v) is 5.73. The smallest absolute Gasteiger partial charge is 0.228 e. The van der Waals surface area contributed by atoms with Gasteiger partial charge in [0.2, 0.25) is 5.91 Å². The van der Waals surface area contributed by atoms with Crippen LogP contribution in [-0.2, 0) is 11.3 Å². The molecule has 6 nitrogen and oxygen atoms in total. The zero-order chi connectivity index (χ0) is 18.8. The van der Waals surface area contributed by atoms with Crippen molar-refractivity contribution in [2.24, 2.45) is 5.92 Å². The zero-order valence-electron chi connectivity index (χ0n) is 14.6. The van der Waals surface area contributed by atoms with E-state index in [2.05, 4.69) is 58.2 Å². The van der Waals surface area contributed by atoms with E-state index in [1.807, 2.05) is 28.8 Å². The third kappa shape index (κ3) is 4.56. The van der Waals surface area contributed by atoms with E-state index in [-0.39, 0.29) is 11.8 Å². The Morgan fingerprint density at radius 1 is 1.11 bits per heavy atom. The summed E-state index contributed by atoms with van der Waals surface area (Å²) in [4.78, 5) is 23.7. The first-order valence-electron chi connectivity index (χ1n) is 8.85. The molecule has 1 N–H and O–H groups in total. The maximum Gasteiger partial charge on any atom is 0.228 e. The van der Waals surface area contributed by atoms with E-state index in [4.69, 9.17) is 0 Å². The fraction of sp³-hybridized carbons (Fsp3) is 0.316. The molecule has 3 aromatic heterocycles. The summed E-state index contributed by atoms with van der Waals surface area (Å²) >= 11 is 6.83. The molecule has 1 aliphatic rings. The number of amides is 1. The Labute approximate surface area is 174 Å². The highest BCUT2D eigenvalue weighted by Gasteiger charge is 2.25. The summed E-state index contributed by atoms with van der Waals surface area (Å²) < 4.78 is 3.96. The van der Waals surface area contributed by atoms with Crippen LogP contribution < -0.4 is 5.32 Å². The summed E-state index contributed by atoms with van der Waals surface area (Å²) in [5.41, 5.74) is 2.00. The number of likely N-dealkylation sites (tertiary alicyclic amines) is 1. The predicted octanol–water partition coefficient (Wildman–Crippen LogP) is 4.11. The number of rotatable bonds is 4. The number of carbonyl (C=O) groups is 1. The number of halogens is 2. The first-order chi connectivity index (χ1) is 13.1. The Morgan fingerprint density at radius 2 is 1.89 bits per heavy atom. The van der Waals surface area contributed by atoms with Crippen LogP contribution in [0.25, 0.3) is 5.65 Å². The minimum atomic E-state index is 0.0312. The van der Waals surface area contributed by atoms with Crippen molar-refractivity contribution in [3.8, 4) is 0 Å². The average molecular weight is 493 g/mol. The van der Waals surface area contributed by atoms with Gasteiger partial charge in [0.05, 0.1) is 5.69 Å². The Hall–Kier alpha value is -1.77. The lowest BCUT2D eigenvalue weighted by molar-refractivity contribution is -0.121. The topological polar surface area (TPSA) is 62.5 Å². The van der Waals surface area contributed by atoms with Gasteiger partial charge in [-0.25, -0.2) is 9.97 Å². The molecular weight excluding hydrogens is 474 g/mol. The molecule has 0 aliphatic carbocycles. The van der Waals surface area contributed by atoms with Crippen molar-refractivity contribution in [2.45, 2.75) is 19.4 Å². The number of carbonyl (C=O) groups excluding carboxylic acids is 1. The fourth-order valence-corrected chi connectivity index (χ4v) is 3.94. The Morgan fingerprint density at radius 3 is 2.63 bits per heavy atom. The van der Waals surface area contributed by atoms with Crippen LogP contribution in [0.4, 0.5) is 5.82 Å². The van der Waals surface area contributed by atoms with Gasteiger partial charge < -0.3 is 9.72 Å². The van der Waals surface area contributed by atoms with E-state index in [1.165, 1.54) is 0 Å². The van der Waals surface area contributed by atoms with Gasteiger partial charge in [0.25, 0.3) is 0 Å². The number of nitrogens with zero attached hydrogens (tertiary/aromatic N) is 4. The number of aromatic nitrogens is 3. The van der Waals surface area contributed by atoms with E-state index in [0.717, 1.165) is 52.8 Å². The molecule has 0 bridgehead atoms. The lowest BCUT2D eigenvalue weighted by Crippen LogP contribution is -2.37. The van der Waals surface area contributed by atoms with Gasteiger partial charge in [-0.2, -0.15) is 0 Å². The fourth-order valence-electron chi connectivity index (χ4n) is 3.35. The molecule has 140 valence electrons. The van der Waals surface area contributed by atoms with Crippen LogP contribution in [0.3, 0.4) is 0 Å². The number of hydrogen-bond acceptors (Lipinski definition) is 4. The van der Waals surface area contributed by atoms with Gasteiger partial charge in [0.15, 0.2) is 0 Å². The van der Waals surface area contributed by atoms with Crippen molar-refractivity contribution in [2.75, 3.05) is 18.4 Å². The molecule has 0 radical (unpaired) electrons. The maximum absolute atomic E-state index is 12.5. The van der Waals surface area contributed by atoms with Crippen LogP contribution in [0.5, 0.6) is 0 Å². The van der Waals surface area contributed by atoms with Crippen molar-refractivity contribution in [3.05, 3.63) is 57.5 Å². The van der Waals surface area contributed by atoms with Crippen molar-refractivity contribution in [3.63, 3.8) is 0 Å². The summed E-state index contributed by atoms with van der Waals surface area (Å²) in [6, 6.07) is 7.67. The van der Waals surface area contributed by atoms with Gasteiger partial charge in [-0.3, -0.25) is 9.69 Å². The van der Waals surface area contributed by atoms with Gasteiger partial charge >= 0.3 is 0 Å². The second kappa shape index (κ2) is 8.08. The van der Waals surface area contributed by atoms with Crippen LogP contribution in [-0.4, -0.2) is 38.3 Å². The predicted molar refractivity (Wildman–Crippen MR) is 111 cm³/mol. The highest BCUT2D eigenvalue weighted by Crippen LogP contribution is 2.21. The van der Waals surface area contributed by atoms with Crippen LogP contribution in [0.1, 0.15) is 18.5 Å². The SMILES string of the molecule is O=C(Nc1ccc(Br)cn1)C1CCN(Cc2cn3cc(Br)ccc3n2)CC1. The Kier molecular flexibility index (Phi) is 5.56. The molecule has 0 saturated carbocycles. The van der Waals surface area contributed by atoms with Gasteiger partial charge in [-0.05, 0) is 82.1 Å². The average Bonchev–Trinajstić information content (AvgIpc) is 3.05. The molecule has 1 aliphatic heterocycles. The normalized spacial score (nSPS) is 15.9. The zero-order valence-corrected chi connectivity index (χ0v) is 17.8. The quantitative estimate of drug-likeness (QED) is 0.595. The van der Waals surface area contributed by atoms with E-state index < -0.39 is 0 Å². The molecule has 4 heterocycles. The van der Waals surface area contributed by atoms with Crippen LogP contribution in [0.15, 0.2) is 51.8 Å². The molecule has 3 aromatic rings. The molecule has 0 aromatic carbocycles. The summed E-state index contributed by atoms with van der Waals surface area (Å²) in [6.45, 7) is 2.59. The molecular formula is C19H19Br2N5O. The van der Waals surface area contributed by atoms with Crippen molar-refractivity contribution < 1.29 is 4.79 Å². The second-order valence-electron chi connectivity index (χ2n) is 6.75. The molecule has 4 rings (SSSR count). The molecule has 8 heteroatoms. The molecule has 1 saturated heterocycles. The first-order valence-corrected chi connectivity index (χ1v) is 10.4. The van der Waals surface area contributed by atoms with Crippen molar-refractivity contribution in [1.29, 1.82) is 0 Å². The molecule has 27 heavy (non-hydrogen) atoms. The molecule has 0 spiro atoms. The number of piperidine rings is 1. The summed E-state index contributed by atoms with van der Waals surface area (Å²) in [7, 11) is 0. The monoisotopic (exact) mass is 491 g/mol. The third-order valence-electron chi connectivity index (χ3n) is 4.79. The first kappa shape index (κ1) is 18.6. The number of hydrogen-bond donors (Lipinski definition) is 1. The molecule has 0 unspecified atom stereocenters. The van der Waals surface area contributed by atoms with E-state index >= 15 is 0 Å². The second-order valence-corrected chi connectivity index (χ2v) is 8.58. The maximum atomic E-state index is 12.5. The van der Waals surface area contributed by atoms with Crippen LogP contribution in [0.2, 0.25) is 0 Å². The number of fused-ring (bicyclic) bond motifs is 1. The summed E-state index contributed by atoms with van der Waals surface area (Å²) in [5, 5.41) is 2.92.